The molecule has 0 aliphatic heterocycles. The van der Waals surface area contributed by atoms with Crippen LogP contribution in [0.1, 0.15) is 40.2 Å². The van der Waals surface area contributed by atoms with Gasteiger partial charge in [0.1, 0.15) is 5.75 Å². The molecule has 1 rings (SSSR count). The molecule has 2 heteroatoms. The average Bonchev–Trinajstić information content (AvgIpc) is 2.05. The van der Waals surface area contributed by atoms with Crippen molar-refractivity contribution in [3.63, 3.8) is 0 Å². The molecule has 0 spiro atoms. The van der Waals surface area contributed by atoms with Gasteiger partial charge in [-0.25, -0.2) is 0 Å². The van der Waals surface area contributed by atoms with Crippen molar-refractivity contribution >= 4 is 15.9 Å². The number of halogens is 1. The molecule has 15 heavy (non-hydrogen) atoms. The summed E-state index contributed by atoms with van der Waals surface area (Å²) >= 11 is 3.50. The first kappa shape index (κ1) is 12.6. The van der Waals surface area contributed by atoms with Crippen molar-refractivity contribution in [1.29, 1.82) is 0 Å². The van der Waals surface area contributed by atoms with Crippen LogP contribution in [0, 0.1) is 0 Å². The van der Waals surface area contributed by atoms with Crippen molar-refractivity contribution in [2.24, 2.45) is 0 Å². The highest BCUT2D eigenvalue weighted by molar-refractivity contribution is 9.10. The van der Waals surface area contributed by atoms with Crippen LogP contribution in [-0.2, 0) is 5.41 Å². The summed E-state index contributed by atoms with van der Waals surface area (Å²) < 4.78 is 6.91. The van der Waals surface area contributed by atoms with Crippen molar-refractivity contribution in [2.75, 3.05) is 0 Å². The lowest BCUT2D eigenvalue weighted by molar-refractivity contribution is 0.236. The van der Waals surface area contributed by atoms with Crippen LogP contribution in [-0.4, -0.2) is 6.10 Å². The van der Waals surface area contributed by atoms with Crippen molar-refractivity contribution in [3.05, 3.63) is 28.2 Å². The predicted octanol–water partition coefficient (Wildman–Crippen LogP) is 4.53. The number of ether oxygens (including phenoxy) is 1. The summed E-state index contributed by atoms with van der Waals surface area (Å²) in [6.07, 6.45) is 0.215. The van der Waals surface area contributed by atoms with Gasteiger partial charge in [-0.15, -0.1) is 0 Å². The minimum Gasteiger partial charge on any atom is -0.491 e. The van der Waals surface area contributed by atoms with Crippen LogP contribution in [0.25, 0.3) is 0 Å². The van der Waals surface area contributed by atoms with Crippen LogP contribution in [0.2, 0.25) is 0 Å². The Morgan fingerprint density at radius 3 is 2.27 bits per heavy atom. The molecular formula is C13H19BrO. The first-order chi connectivity index (χ1) is 6.80. The van der Waals surface area contributed by atoms with Gasteiger partial charge in [-0.3, -0.25) is 0 Å². The van der Waals surface area contributed by atoms with Gasteiger partial charge in [0.15, 0.2) is 0 Å². The Labute approximate surface area is 101 Å². The molecule has 0 heterocycles. The molecule has 0 aliphatic rings. The normalized spacial score (nSPS) is 11.9. The van der Waals surface area contributed by atoms with Crippen molar-refractivity contribution in [2.45, 2.75) is 46.1 Å². The summed E-state index contributed by atoms with van der Waals surface area (Å²) in [5.74, 6) is 0.987. The van der Waals surface area contributed by atoms with Crippen LogP contribution in [0.15, 0.2) is 22.7 Å². The zero-order chi connectivity index (χ0) is 11.6. The highest BCUT2D eigenvalue weighted by Gasteiger charge is 2.19. The molecule has 1 aromatic carbocycles. The Bertz CT molecular complexity index is 337. The van der Waals surface area contributed by atoms with Gasteiger partial charge in [-0.2, -0.15) is 0 Å². The van der Waals surface area contributed by atoms with E-state index in [2.05, 4.69) is 56.6 Å². The van der Waals surface area contributed by atoms with E-state index in [0.29, 0.717) is 0 Å². The average molecular weight is 271 g/mol. The van der Waals surface area contributed by atoms with E-state index in [0.717, 1.165) is 10.2 Å². The van der Waals surface area contributed by atoms with Gasteiger partial charge < -0.3 is 4.74 Å². The number of rotatable bonds is 2. The van der Waals surface area contributed by atoms with Crippen LogP contribution >= 0.6 is 15.9 Å². The Hall–Kier alpha value is -0.500. The zero-order valence-corrected chi connectivity index (χ0v) is 11.7. The molecule has 0 atom stereocenters. The lowest BCUT2D eigenvalue weighted by Crippen LogP contribution is -2.16. The topological polar surface area (TPSA) is 9.23 Å². The third-order valence-electron chi connectivity index (χ3n) is 2.11. The van der Waals surface area contributed by atoms with Crippen LogP contribution in [0.5, 0.6) is 5.75 Å². The second kappa shape index (κ2) is 4.56. The van der Waals surface area contributed by atoms with Gasteiger partial charge in [0, 0.05) is 10.0 Å². The molecule has 0 amide bonds. The third-order valence-corrected chi connectivity index (χ3v) is 2.61. The van der Waals surface area contributed by atoms with Gasteiger partial charge in [-0.05, 0) is 37.5 Å². The van der Waals surface area contributed by atoms with Crippen LogP contribution in [0.3, 0.4) is 0 Å². The van der Waals surface area contributed by atoms with E-state index in [1.807, 2.05) is 12.1 Å². The Balaban J connectivity index is 3.15. The van der Waals surface area contributed by atoms with Gasteiger partial charge >= 0.3 is 0 Å². The number of hydrogen-bond acceptors (Lipinski definition) is 1. The standard InChI is InChI=1S/C13H19BrO/c1-9(2)15-12-7-6-10(14)8-11(12)13(3,4)5/h6-9H,1-5H3. The number of hydrogen-bond donors (Lipinski definition) is 0. The van der Waals surface area contributed by atoms with E-state index < -0.39 is 0 Å². The molecule has 1 aromatic rings. The first-order valence-corrected chi connectivity index (χ1v) is 6.06. The van der Waals surface area contributed by atoms with Crippen molar-refractivity contribution in [1.82, 2.24) is 0 Å². The molecule has 0 saturated carbocycles. The van der Waals surface area contributed by atoms with Gasteiger partial charge in [0.05, 0.1) is 6.10 Å². The summed E-state index contributed by atoms with van der Waals surface area (Å²) in [7, 11) is 0. The summed E-state index contributed by atoms with van der Waals surface area (Å²) in [5, 5.41) is 0. The SMILES string of the molecule is CC(C)Oc1ccc(Br)cc1C(C)(C)C. The van der Waals surface area contributed by atoms with Gasteiger partial charge in [0.25, 0.3) is 0 Å². The molecule has 0 fully saturated rings. The molecule has 0 radical (unpaired) electrons. The molecule has 0 aliphatic carbocycles. The summed E-state index contributed by atoms with van der Waals surface area (Å²) in [6, 6.07) is 6.19. The summed E-state index contributed by atoms with van der Waals surface area (Å²) in [4.78, 5) is 0. The van der Waals surface area contributed by atoms with E-state index in [9.17, 15) is 0 Å². The lowest BCUT2D eigenvalue weighted by atomic mass is 9.86. The molecule has 0 aromatic heterocycles. The van der Waals surface area contributed by atoms with Crippen LogP contribution in [0.4, 0.5) is 0 Å². The Kier molecular flexibility index (Phi) is 3.82. The van der Waals surface area contributed by atoms with E-state index in [1.54, 1.807) is 0 Å². The quantitative estimate of drug-likeness (QED) is 0.767. The first-order valence-electron chi connectivity index (χ1n) is 5.27. The number of benzene rings is 1. The van der Waals surface area contributed by atoms with Crippen molar-refractivity contribution < 1.29 is 4.74 Å². The van der Waals surface area contributed by atoms with E-state index in [-0.39, 0.29) is 11.5 Å². The fourth-order valence-electron chi connectivity index (χ4n) is 1.45. The maximum absolute atomic E-state index is 5.81. The summed E-state index contributed by atoms with van der Waals surface area (Å²) in [5.41, 5.74) is 1.35. The second-order valence-electron chi connectivity index (χ2n) is 5.06. The maximum Gasteiger partial charge on any atom is 0.123 e. The molecule has 0 N–H and O–H groups in total. The minimum atomic E-state index is 0.105. The van der Waals surface area contributed by atoms with E-state index >= 15 is 0 Å². The molecule has 1 nitrogen and oxygen atoms in total. The van der Waals surface area contributed by atoms with E-state index in [4.69, 9.17) is 4.74 Å². The van der Waals surface area contributed by atoms with Crippen molar-refractivity contribution in [3.8, 4) is 5.75 Å². The largest absolute Gasteiger partial charge is 0.491 e. The fourth-order valence-corrected chi connectivity index (χ4v) is 1.81. The summed E-state index contributed by atoms with van der Waals surface area (Å²) in [6.45, 7) is 10.7. The lowest BCUT2D eigenvalue weighted by Gasteiger charge is -2.24. The van der Waals surface area contributed by atoms with Gasteiger partial charge in [-0.1, -0.05) is 36.7 Å². The van der Waals surface area contributed by atoms with Gasteiger partial charge in [0.2, 0.25) is 0 Å². The highest BCUT2D eigenvalue weighted by Crippen LogP contribution is 2.34. The maximum atomic E-state index is 5.81. The Morgan fingerprint density at radius 2 is 1.80 bits per heavy atom. The highest BCUT2D eigenvalue weighted by atomic mass is 79.9. The van der Waals surface area contributed by atoms with E-state index in [1.165, 1.54) is 5.56 Å². The Morgan fingerprint density at radius 1 is 1.20 bits per heavy atom. The third kappa shape index (κ3) is 3.53. The minimum absolute atomic E-state index is 0.105. The second-order valence-corrected chi connectivity index (χ2v) is 5.97. The predicted molar refractivity (Wildman–Crippen MR) is 68.6 cm³/mol. The molecule has 0 bridgehead atoms. The van der Waals surface area contributed by atoms with Crippen LogP contribution < -0.4 is 4.74 Å². The fraction of sp³-hybridized carbons (Fsp3) is 0.538. The molecule has 0 saturated heterocycles. The molecular weight excluding hydrogens is 252 g/mol. The smallest absolute Gasteiger partial charge is 0.123 e. The zero-order valence-electron chi connectivity index (χ0n) is 10.1. The molecule has 0 unspecified atom stereocenters. The molecule has 84 valence electrons. The monoisotopic (exact) mass is 270 g/mol.